The SMILES string of the molecule is Cn1cc(CN2CC[C@@]3(C[C@@H](Oc4ccccn4)CO3)C2)cn1. The van der Waals surface area contributed by atoms with E-state index in [0.717, 1.165) is 32.5 Å². The average Bonchev–Trinajstić information content (AvgIpc) is 3.24. The number of aromatic nitrogens is 3. The Hall–Kier alpha value is -1.92. The second-order valence-corrected chi connectivity index (χ2v) is 6.59. The summed E-state index contributed by atoms with van der Waals surface area (Å²) in [6.45, 7) is 3.61. The molecular formula is C17H22N4O2. The second kappa shape index (κ2) is 5.94. The standard InChI is InChI=1S/C17H22N4O2/c1-20-10-14(9-19-20)11-21-7-5-17(13-21)8-15(12-22-17)23-16-4-2-3-6-18-16/h2-4,6,9-10,15H,5,7-8,11-13H2,1H3/t15-,17-/m1/s1. The van der Waals surface area contributed by atoms with Crippen LogP contribution in [0.5, 0.6) is 5.88 Å². The lowest BCUT2D eigenvalue weighted by molar-refractivity contribution is 0.00924. The molecule has 1 spiro atoms. The fourth-order valence-corrected chi connectivity index (χ4v) is 3.62. The molecule has 2 aromatic rings. The van der Waals surface area contributed by atoms with Gasteiger partial charge in [0.15, 0.2) is 0 Å². The van der Waals surface area contributed by atoms with Crippen molar-refractivity contribution < 1.29 is 9.47 Å². The third-order valence-electron chi connectivity index (χ3n) is 4.66. The van der Waals surface area contributed by atoms with E-state index in [0.29, 0.717) is 12.5 Å². The van der Waals surface area contributed by atoms with Crippen LogP contribution in [0.25, 0.3) is 0 Å². The van der Waals surface area contributed by atoms with Crippen molar-refractivity contribution in [2.24, 2.45) is 7.05 Å². The first-order valence-electron chi connectivity index (χ1n) is 8.12. The molecule has 6 heteroatoms. The maximum absolute atomic E-state index is 6.14. The van der Waals surface area contributed by atoms with E-state index in [4.69, 9.17) is 9.47 Å². The maximum Gasteiger partial charge on any atom is 0.213 e. The summed E-state index contributed by atoms with van der Waals surface area (Å²) in [7, 11) is 1.95. The normalized spacial score (nSPS) is 27.8. The van der Waals surface area contributed by atoms with Gasteiger partial charge in [-0.05, 0) is 12.5 Å². The Labute approximate surface area is 136 Å². The Balaban J connectivity index is 1.34. The van der Waals surface area contributed by atoms with Crippen molar-refractivity contribution in [3.05, 3.63) is 42.4 Å². The zero-order chi connectivity index (χ0) is 15.7. The van der Waals surface area contributed by atoms with Crippen molar-refractivity contribution >= 4 is 0 Å². The van der Waals surface area contributed by atoms with Crippen LogP contribution in [0.15, 0.2) is 36.8 Å². The summed E-state index contributed by atoms with van der Waals surface area (Å²) in [5.74, 6) is 0.684. The molecule has 4 rings (SSSR count). The highest BCUT2D eigenvalue weighted by molar-refractivity contribution is 5.11. The number of ether oxygens (including phenoxy) is 2. The molecule has 0 aromatic carbocycles. The quantitative estimate of drug-likeness (QED) is 0.858. The van der Waals surface area contributed by atoms with Crippen LogP contribution in [0.2, 0.25) is 0 Å². The number of hydrogen-bond donors (Lipinski definition) is 0. The Morgan fingerprint density at radius 3 is 3.17 bits per heavy atom. The van der Waals surface area contributed by atoms with Crippen LogP contribution < -0.4 is 4.74 Å². The van der Waals surface area contributed by atoms with E-state index >= 15 is 0 Å². The molecule has 0 aliphatic carbocycles. The van der Waals surface area contributed by atoms with E-state index in [1.165, 1.54) is 5.56 Å². The van der Waals surface area contributed by atoms with Gasteiger partial charge in [-0.3, -0.25) is 9.58 Å². The topological polar surface area (TPSA) is 52.4 Å². The highest BCUT2D eigenvalue weighted by Gasteiger charge is 2.46. The Morgan fingerprint density at radius 2 is 2.39 bits per heavy atom. The fourth-order valence-electron chi connectivity index (χ4n) is 3.62. The Morgan fingerprint density at radius 1 is 1.43 bits per heavy atom. The van der Waals surface area contributed by atoms with Crippen LogP contribution in [-0.2, 0) is 18.3 Å². The zero-order valence-corrected chi connectivity index (χ0v) is 13.4. The molecule has 0 bridgehead atoms. The molecule has 2 atom stereocenters. The molecule has 2 saturated heterocycles. The number of hydrogen-bond acceptors (Lipinski definition) is 5. The van der Waals surface area contributed by atoms with Gasteiger partial charge in [0.1, 0.15) is 6.10 Å². The lowest BCUT2D eigenvalue weighted by Crippen LogP contribution is -2.33. The molecule has 2 fully saturated rings. The van der Waals surface area contributed by atoms with Gasteiger partial charge in [0.2, 0.25) is 5.88 Å². The van der Waals surface area contributed by atoms with Crippen LogP contribution in [0.4, 0.5) is 0 Å². The summed E-state index contributed by atoms with van der Waals surface area (Å²) in [5.41, 5.74) is 1.20. The van der Waals surface area contributed by atoms with E-state index in [-0.39, 0.29) is 11.7 Å². The molecule has 0 radical (unpaired) electrons. The van der Waals surface area contributed by atoms with E-state index in [9.17, 15) is 0 Å². The van der Waals surface area contributed by atoms with E-state index in [1.54, 1.807) is 6.20 Å². The summed E-state index contributed by atoms with van der Waals surface area (Å²) >= 11 is 0. The number of likely N-dealkylation sites (tertiary alicyclic amines) is 1. The lowest BCUT2D eigenvalue weighted by Gasteiger charge is -2.23. The fraction of sp³-hybridized carbons (Fsp3) is 0.529. The first kappa shape index (κ1) is 14.7. The van der Waals surface area contributed by atoms with Crippen LogP contribution in [0, 0.1) is 0 Å². The number of rotatable bonds is 4. The molecule has 0 N–H and O–H groups in total. The summed E-state index contributed by atoms with van der Waals surface area (Å²) < 4.78 is 13.9. The number of nitrogens with zero attached hydrogens (tertiary/aromatic N) is 4. The first-order valence-corrected chi connectivity index (χ1v) is 8.12. The molecule has 2 aromatic heterocycles. The van der Waals surface area contributed by atoms with Crippen LogP contribution in [0.3, 0.4) is 0 Å². The third kappa shape index (κ3) is 3.23. The van der Waals surface area contributed by atoms with Crippen LogP contribution in [0.1, 0.15) is 18.4 Å². The van der Waals surface area contributed by atoms with Gasteiger partial charge in [-0.15, -0.1) is 0 Å². The van der Waals surface area contributed by atoms with Gasteiger partial charge in [-0.2, -0.15) is 5.10 Å². The van der Waals surface area contributed by atoms with Crippen molar-refractivity contribution in [1.82, 2.24) is 19.7 Å². The Kier molecular flexibility index (Phi) is 3.79. The summed E-state index contributed by atoms with van der Waals surface area (Å²) in [4.78, 5) is 6.68. The number of pyridine rings is 1. The molecule has 4 heterocycles. The molecule has 6 nitrogen and oxygen atoms in total. The van der Waals surface area contributed by atoms with Crippen LogP contribution in [-0.4, -0.2) is 51.1 Å². The molecule has 2 aliphatic rings. The summed E-state index contributed by atoms with van der Waals surface area (Å²) in [6, 6.07) is 5.74. The van der Waals surface area contributed by atoms with Crippen LogP contribution >= 0.6 is 0 Å². The smallest absolute Gasteiger partial charge is 0.213 e. The van der Waals surface area contributed by atoms with Gasteiger partial charge in [0.05, 0.1) is 18.4 Å². The predicted molar refractivity (Wildman–Crippen MR) is 85.1 cm³/mol. The summed E-state index contributed by atoms with van der Waals surface area (Å²) in [5, 5.41) is 4.24. The molecule has 2 aliphatic heterocycles. The van der Waals surface area contributed by atoms with Crippen molar-refractivity contribution in [2.45, 2.75) is 31.1 Å². The number of aryl methyl sites for hydroxylation is 1. The minimum absolute atomic E-state index is 0.0539. The molecule has 0 unspecified atom stereocenters. The van der Waals surface area contributed by atoms with Crippen molar-refractivity contribution in [2.75, 3.05) is 19.7 Å². The van der Waals surface area contributed by atoms with E-state index < -0.39 is 0 Å². The van der Waals surface area contributed by atoms with Gasteiger partial charge < -0.3 is 9.47 Å². The molecular weight excluding hydrogens is 292 g/mol. The molecule has 23 heavy (non-hydrogen) atoms. The van der Waals surface area contributed by atoms with Gasteiger partial charge >= 0.3 is 0 Å². The van der Waals surface area contributed by atoms with Crippen molar-refractivity contribution in [3.8, 4) is 5.88 Å². The molecule has 0 saturated carbocycles. The highest BCUT2D eigenvalue weighted by atomic mass is 16.6. The molecule has 122 valence electrons. The minimum atomic E-state index is -0.0539. The monoisotopic (exact) mass is 314 g/mol. The van der Waals surface area contributed by atoms with E-state index in [1.807, 2.05) is 36.1 Å². The third-order valence-corrected chi connectivity index (χ3v) is 4.66. The Bertz CT molecular complexity index is 660. The van der Waals surface area contributed by atoms with Gasteiger partial charge in [-0.25, -0.2) is 4.98 Å². The van der Waals surface area contributed by atoms with Crippen molar-refractivity contribution in [1.29, 1.82) is 0 Å². The van der Waals surface area contributed by atoms with Gasteiger partial charge in [0.25, 0.3) is 0 Å². The zero-order valence-electron chi connectivity index (χ0n) is 13.4. The largest absolute Gasteiger partial charge is 0.472 e. The van der Waals surface area contributed by atoms with Crippen molar-refractivity contribution in [3.63, 3.8) is 0 Å². The first-order chi connectivity index (χ1) is 11.2. The van der Waals surface area contributed by atoms with Gasteiger partial charge in [-0.1, -0.05) is 6.07 Å². The molecule has 0 amide bonds. The average molecular weight is 314 g/mol. The predicted octanol–water partition coefficient (Wildman–Crippen LogP) is 1.63. The van der Waals surface area contributed by atoms with E-state index in [2.05, 4.69) is 21.2 Å². The highest BCUT2D eigenvalue weighted by Crippen LogP contribution is 2.36. The lowest BCUT2D eigenvalue weighted by atomic mass is 9.98. The minimum Gasteiger partial charge on any atom is -0.472 e. The summed E-state index contributed by atoms with van der Waals surface area (Å²) in [6.07, 6.45) is 7.87. The van der Waals surface area contributed by atoms with Gasteiger partial charge in [0, 0.05) is 57.1 Å². The second-order valence-electron chi connectivity index (χ2n) is 6.59. The maximum atomic E-state index is 6.14.